The number of nitrogens with one attached hydrogen (secondary N) is 1. The maximum Gasteiger partial charge on any atom is 0.254 e. The van der Waals surface area contributed by atoms with Gasteiger partial charge in [0.15, 0.2) is 11.4 Å². The van der Waals surface area contributed by atoms with Gasteiger partial charge >= 0.3 is 0 Å². The van der Waals surface area contributed by atoms with E-state index in [0.717, 1.165) is 16.7 Å². The highest BCUT2D eigenvalue weighted by molar-refractivity contribution is 7.91. The maximum atomic E-state index is 13.1. The SMILES string of the molecule is C[S+]([O-])C1c2ccccc2CC1NC(=O)C(OCC1CC1)c1ccccc1. The third-order valence-corrected chi connectivity index (χ3v) is 6.69. The molecule has 1 amide bonds. The topological polar surface area (TPSA) is 61.4 Å². The first kappa shape index (κ1) is 18.5. The molecule has 2 aromatic carbocycles. The molecule has 4 unspecified atom stereocenters. The highest BCUT2D eigenvalue weighted by Crippen LogP contribution is 2.37. The summed E-state index contributed by atoms with van der Waals surface area (Å²) in [5.74, 6) is 0.436. The van der Waals surface area contributed by atoms with Gasteiger partial charge in [-0.25, -0.2) is 0 Å². The maximum absolute atomic E-state index is 13.1. The van der Waals surface area contributed by atoms with Gasteiger partial charge in [0.05, 0.1) is 18.9 Å². The molecule has 4 atom stereocenters. The highest BCUT2D eigenvalue weighted by Gasteiger charge is 2.41. The lowest BCUT2D eigenvalue weighted by Crippen LogP contribution is -2.43. The molecule has 0 heterocycles. The second kappa shape index (κ2) is 8.05. The van der Waals surface area contributed by atoms with Crippen molar-refractivity contribution in [3.63, 3.8) is 0 Å². The van der Waals surface area contributed by atoms with Crippen molar-refractivity contribution < 1.29 is 14.1 Å². The lowest BCUT2D eigenvalue weighted by Gasteiger charge is -2.25. The Bertz CT molecular complexity index is 791. The first-order valence-electron chi connectivity index (χ1n) is 9.50. The van der Waals surface area contributed by atoms with Crippen molar-refractivity contribution in [1.29, 1.82) is 0 Å². The first-order chi connectivity index (χ1) is 13.1. The molecule has 2 aliphatic rings. The average Bonchev–Trinajstić information content (AvgIpc) is 3.41. The number of ether oxygens (including phenoxy) is 1. The molecule has 2 aromatic rings. The molecule has 0 bridgehead atoms. The van der Waals surface area contributed by atoms with Crippen molar-refractivity contribution in [1.82, 2.24) is 5.32 Å². The third-order valence-electron chi connectivity index (χ3n) is 5.39. The van der Waals surface area contributed by atoms with E-state index >= 15 is 0 Å². The molecule has 1 saturated carbocycles. The van der Waals surface area contributed by atoms with Crippen molar-refractivity contribution in [2.24, 2.45) is 5.92 Å². The van der Waals surface area contributed by atoms with Gasteiger partial charge < -0.3 is 14.6 Å². The van der Waals surface area contributed by atoms with Crippen LogP contribution in [0.1, 0.15) is 40.9 Å². The Morgan fingerprint density at radius 1 is 1.19 bits per heavy atom. The Balaban J connectivity index is 1.51. The summed E-state index contributed by atoms with van der Waals surface area (Å²) in [5.41, 5.74) is 3.11. The Morgan fingerprint density at radius 2 is 1.89 bits per heavy atom. The predicted molar refractivity (Wildman–Crippen MR) is 107 cm³/mol. The third kappa shape index (κ3) is 4.21. The van der Waals surface area contributed by atoms with Crippen LogP contribution in [0.5, 0.6) is 0 Å². The largest absolute Gasteiger partial charge is 0.616 e. The number of fused-ring (bicyclic) bond motifs is 1. The Labute approximate surface area is 163 Å². The molecule has 1 N–H and O–H groups in total. The lowest BCUT2D eigenvalue weighted by molar-refractivity contribution is -0.134. The molecule has 27 heavy (non-hydrogen) atoms. The monoisotopic (exact) mass is 383 g/mol. The van der Waals surface area contributed by atoms with E-state index < -0.39 is 17.3 Å². The zero-order valence-electron chi connectivity index (χ0n) is 15.5. The van der Waals surface area contributed by atoms with E-state index in [2.05, 4.69) is 11.4 Å². The number of hydrogen-bond acceptors (Lipinski definition) is 3. The molecular weight excluding hydrogens is 358 g/mol. The normalized spacial score (nSPS) is 23.5. The molecule has 4 nitrogen and oxygen atoms in total. The summed E-state index contributed by atoms with van der Waals surface area (Å²) in [7, 11) is 0. The number of amides is 1. The fourth-order valence-electron chi connectivity index (χ4n) is 3.82. The van der Waals surface area contributed by atoms with Crippen LogP contribution in [0.4, 0.5) is 0 Å². The fourth-order valence-corrected chi connectivity index (χ4v) is 5.04. The predicted octanol–water partition coefficient (Wildman–Crippen LogP) is 3.32. The van der Waals surface area contributed by atoms with Gasteiger partial charge in [-0.3, -0.25) is 4.79 Å². The molecule has 0 aliphatic heterocycles. The van der Waals surface area contributed by atoms with Crippen molar-refractivity contribution in [2.45, 2.75) is 36.7 Å². The Kier molecular flexibility index (Phi) is 5.53. The summed E-state index contributed by atoms with van der Waals surface area (Å²) < 4.78 is 18.4. The van der Waals surface area contributed by atoms with Crippen LogP contribution in [0.25, 0.3) is 0 Å². The molecule has 4 rings (SSSR count). The number of carbonyl (C=O) groups is 1. The van der Waals surface area contributed by atoms with Crippen molar-refractivity contribution >= 4 is 17.1 Å². The van der Waals surface area contributed by atoms with Crippen LogP contribution in [0.15, 0.2) is 54.6 Å². The summed E-state index contributed by atoms with van der Waals surface area (Å²) in [6, 6.07) is 17.5. The second-order valence-corrected chi connectivity index (χ2v) is 9.01. The molecule has 0 saturated heterocycles. The minimum absolute atomic E-state index is 0.143. The summed E-state index contributed by atoms with van der Waals surface area (Å²) in [6.45, 7) is 0.612. The number of hydrogen-bond donors (Lipinski definition) is 1. The van der Waals surface area contributed by atoms with Gasteiger partial charge in [0.2, 0.25) is 0 Å². The minimum Gasteiger partial charge on any atom is -0.616 e. The number of carbonyl (C=O) groups excluding carboxylic acids is 1. The fraction of sp³-hybridized carbons (Fsp3) is 0.409. The molecule has 0 spiro atoms. The van der Waals surface area contributed by atoms with Gasteiger partial charge in [-0.15, -0.1) is 0 Å². The number of benzene rings is 2. The van der Waals surface area contributed by atoms with Crippen molar-refractivity contribution in [2.75, 3.05) is 12.9 Å². The Morgan fingerprint density at radius 3 is 2.59 bits per heavy atom. The van der Waals surface area contributed by atoms with E-state index in [0.29, 0.717) is 18.9 Å². The van der Waals surface area contributed by atoms with Gasteiger partial charge in [0.25, 0.3) is 5.91 Å². The van der Waals surface area contributed by atoms with Crippen LogP contribution < -0.4 is 5.32 Å². The van der Waals surface area contributed by atoms with Crippen LogP contribution in [0, 0.1) is 5.92 Å². The summed E-state index contributed by atoms with van der Waals surface area (Å²) in [6.07, 6.45) is 4.15. The summed E-state index contributed by atoms with van der Waals surface area (Å²) >= 11 is -1.06. The van der Waals surface area contributed by atoms with Crippen molar-refractivity contribution in [3.05, 3.63) is 71.3 Å². The van der Waals surface area contributed by atoms with Crippen LogP contribution in [-0.2, 0) is 27.1 Å². The molecule has 5 heteroatoms. The van der Waals surface area contributed by atoms with Gasteiger partial charge in [-0.1, -0.05) is 54.6 Å². The molecule has 0 aromatic heterocycles. The second-order valence-electron chi connectivity index (χ2n) is 7.50. The molecular formula is C22H25NO3S. The van der Waals surface area contributed by atoms with Crippen LogP contribution in [-0.4, -0.2) is 29.4 Å². The quantitative estimate of drug-likeness (QED) is 0.746. The summed E-state index contributed by atoms with van der Waals surface area (Å²) in [5, 5.41) is 2.97. The standard InChI is InChI=1S/C22H25NO3S/c1-27(25)21-18-10-6-5-9-17(18)13-19(21)23-22(24)20(26-14-15-11-12-15)16-7-3-2-4-8-16/h2-10,15,19-21H,11-14H2,1H3,(H,23,24). The Hall–Kier alpha value is -1.82. The van der Waals surface area contributed by atoms with E-state index in [4.69, 9.17) is 4.74 Å². The zero-order chi connectivity index (χ0) is 18.8. The molecule has 1 fully saturated rings. The molecule has 0 radical (unpaired) electrons. The van der Waals surface area contributed by atoms with Gasteiger partial charge in [-0.05, 0) is 47.5 Å². The van der Waals surface area contributed by atoms with Crippen LogP contribution in [0.3, 0.4) is 0 Å². The summed E-state index contributed by atoms with van der Waals surface area (Å²) in [4.78, 5) is 13.1. The van der Waals surface area contributed by atoms with E-state index in [-0.39, 0.29) is 17.2 Å². The van der Waals surface area contributed by atoms with Gasteiger partial charge in [0.1, 0.15) is 0 Å². The van der Waals surface area contributed by atoms with E-state index in [1.165, 1.54) is 12.8 Å². The molecule has 142 valence electrons. The first-order valence-corrected chi connectivity index (χ1v) is 11.1. The van der Waals surface area contributed by atoms with E-state index in [1.807, 2.05) is 48.5 Å². The number of rotatable bonds is 7. The zero-order valence-corrected chi connectivity index (χ0v) is 16.3. The minimum atomic E-state index is -1.06. The van der Waals surface area contributed by atoms with Crippen LogP contribution in [0.2, 0.25) is 0 Å². The van der Waals surface area contributed by atoms with Crippen LogP contribution >= 0.6 is 0 Å². The smallest absolute Gasteiger partial charge is 0.254 e. The van der Waals surface area contributed by atoms with Gasteiger partial charge in [0, 0.05) is 5.56 Å². The average molecular weight is 384 g/mol. The van der Waals surface area contributed by atoms with E-state index in [9.17, 15) is 9.35 Å². The lowest BCUT2D eigenvalue weighted by atomic mass is 10.1. The van der Waals surface area contributed by atoms with E-state index in [1.54, 1.807) is 6.26 Å². The highest BCUT2D eigenvalue weighted by atomic mass is 32.2. The van der Waals surface area contributed by atoms with Gasteiger partial charge in [-0.2, -0.15) is 0 Å². The van der Waals surface area contributed by atoms with Crippen molar-refractivity contribution in [3.8, 4) is 0 Å². The molecule has 2 aliphatic carbocycles.